The Bertz CT molecular complexity index is 439. The third-order valence-electron chi connectivity index (χ3n) is 3.89. The van der Waals surface area contributed by atoms with E-state index < -0.39 is 0 Å². The fourth-order valence-electron chi connectivity index (χ4n) is 2.80. The first-order chi connectivity index (χ1) is 9.83. The lowest BCUT2D eigenvalue weighted by Crippen LogP contribution is -2.26. The number of hydrogen-bond donors (Lipinski definition) is 0. The Balaban J connectivity index is 1.91. The molecule has 1 aromatic heterocycles. The van der Waals surface area contributed by atoms with Gasteiger partial charge < -0.3 is 4.90 Å². The maximum absolute atomic E-state index is 8.91. The van der Waals surface area contributed by atoms with Gasteiger partial charge in [-0.05, 0) is 32.4 Å². The standard InChI is InChI=1S/C16H25N3S/c1-2-7-14-15(8-10-17)20-16(18-14)9-13-19-11-5-3-4-6-12-19/h2-9,11-13H2,1H3. The number of aryl methyl sites for hydroxylation is 1. The largest absolute Gasteiger partial charge is 0.303 e. The molecule has 0 saturated carbocycles. The molecule has 1 fully saturated rings. The van der Waals surface area contributed by atoms with Gasteiger partial charge >= 0.3 is 0 Å². The molecule has 20 heavy (non-hydrogen) atoms. The van der Waals surface area contributed by atoms with Crippen molar-refractivity contribution in [3.63, 3.8) is 0 Å². The highest BCUT2D eigenvalue weighted by Gasteiger charge is 2.13. The van der Waals surface area contributed by atoms with Crippen LogP contribution in [0.15, 0.2) is 0 Å². The normalized spacial score (nSPS) is 16.8. The van der Waals surface area contributed by atoms with E-state index in [9.17, 15) is 0 Å². The van der Waals surface area contributed by atoms with Crippen molar-refractivity contribution < 1.29 is 0 Å². The van der Waals surface area contributed by atoms with E-state index in [1.807, 2.05) is 0 Å². The van der Waals surface area contributed by atoms with E-state index in [0.717, 1.165) is 25.8 Å². The molecule has 0 aliphatic carbocycles. The molecule has 2 heterocycles. The van der Waals surface area contributed by atoms with Gasteiger partial charge in [-0.1, -0.05) is 26.2 Å². The molecular weight excluding hydrogens is 266 g/mol. The zero-order valence-electron chi connectivity index (χ0n) is 12.5. The van der Waals surface area contributed by atoms with E-state index in [1.165, 1.54) is 54.4 Å². The fraction of sp³-hybridized carbons (Fsp3) is 0.750. The molecule has 1 aromatic rings. The number of nitrogens with zero attached hydrogens (tertiary/aromatic N) is 3. The molecule has 3 nitrogen and oxygen atoms in total. The van der Waals surface area contributed by atoms with Gasteiger partial charge in [0.05, 0.1) is 23.2 Å². The summed E-state index contributed by atoms with van der Waals surface area (Å²) in [6.07, 6.45) is 9.16. The van der Waals surface area contributed by atoms with Crippen molar-refractivity contribution in [2.45, 2.75) is 58.3 Å². The van der Waals surface area contributed by atoms with Gasteiger partial charge in [-0.25, -0.2) is 4.98 Å². The second-order valence-electron chi connectivity index (χ2n) is 5.57. The average molecular weight is 291 g/mol. The van der Waals surface area contributed by atoms with E-state index in [1.54, 1.807) is 11.3 Å². The van der Waals surface area contributed by atoms with Crippen LogP contribution in [0.2, 0.25) is 0 Å². The number of nitriles is 1. The fourth-order valence-corrected chi connectivity index (χ4v) is 3.84. The lowest BCUT2D eigenvalue weighted by molar-refractivity contribution is 0.288. The molecular formula is C16H25N3S. The third kappa shape index (κ3) is 4.57. The van der Waals surface area contributed by atoms with E-state index in [4.69, 9.17) is 10.2 Å². The van der Waals surface area contributed by atoms with E-state index in [-0.39, 0.29) is 0 Å². The second-order valence-corrected chi connectivity index (χ2v) is 6.74. The molecule has 0 atom stereocenters. The third-order valence-corrected chi connectivity index (χ3v) is 5.05. The summed E-state index contributed by atoms with van der Waals surface area (Å²) < 4.78 is 0. The van der Waals surface area contributed by atoms with Gasteiger partial charge in [0.1, 0.15) is 0 Å². The first-order valence-electron chi connectivity index (χ1n) is 7.90. The first-order valence-corrected chi connectivity index (χ1v) is 8.72. The predicted octanol–water partition coefficient (Wildman–Crippen LogP) is 3.58. The van der Waals surface area contributed by atoms with Gasteiger partial charge in [0, 0.05) is 17.8 Å². The molecule has 2 rings (SSSR count). The molecule has 1 aliphatic rings. The molecule has 0 spiro atoms. The maximum atomic E-state index is 8.91. The molecule has 0 amide bonds. The summed E-state index contributed by atoms with van der Waals surface area (Å²) in [4.78, 5) is 8.54. The monoisotopic (exact) mass is 291 g/mol. The maximum Gasteiger partial charge on any atom is 0.0944 e. The lowest BCUT2D eigenvalue weighted by Gasteiger charge is -2.18. The molecule has 0 radical (unpaired) electrons. The summed E-state index contributed by atoms with van der Waals surface area (Å²) in [6.45, 7) is 5.80. The van der Waals surface area contributed by atoms with Crippen LogP contribution in [0.4, 0.5) is 0 Å². The Labute approximate surface area is 126 Å². The lowest BCUT2D eigenvalue weighted by atomic mass is 10.2. The Morgan fingerprint density at radius 3 is 2.60 bits per heavy atom. The summed E-state index contributed by atoms with van der Waals surface area (Å²) in [5.41, 5.74) is 1.17. The van der Waals surface area contributed by atoms with Crippen LogP contribution >= 0.6 is 11.3 Å². The highest BCUT2D eigenvalue weighted by Crippen LogP contribution is 2.21. The molecule has 1 aliphatic heterocycles. The van der Waals surface area contributed by atoms with Crippen LogP contribution in [0.5, 0.6) is 0 Å². The zero-order chi connectivity index (χ0) is 14.2. The van der Waals surface area contributed by atoms with Gasteiger partial charge in [-0.2, -0.15) is 5.26 Å². The van der Waals surface area contributed by atoms with Crippen molar-refractivity contribution in [2.75, 3.05) is 19.6 Å². The van der Waals surface area contributed by atoms with E-state index in [2.05, 4.69) is 17.9 Å². The summed E-state index contributed by atoms with van der Waals surface area (Å²) in [5, 5.41) is 10.1. The summed E-state index contributed by atoms with van der Waals surface area (Å²) in [5.74, 6) is 0. The highest BCUT2D eigenvalue weighted by molar-refractivity contribution is 7.11. The number of rotatable bonds is 6. The van der Waals surface area contributed by atoms with Crippen LogP contribution in [0, 0.1) is 11.3 Å². The zero-order valence-corrected chi connectivity index (χ0v) is 13.3. The topological polar surface area (TPSA) is 39.9 Å². The molecule has 0 N–H and O–H groups in total. The Morgan fingerprint density at radius 1 is 1.20 bits per heavy atom. The van der Waals surface area contributed by atoms with Crippen LogP contribution in [-0.2, 0) is 19.3 Å². The molecule has 0 unspecified atom stereocenters. The number of aromatic nitrogens is 1. The Kier molecular flexibility index (Phi) is 6.49. The van der Waals surface area contributed by atoms with Crippen molar-refractivity contribution in [2.24, 2.45) is 0 Å². The highest BCUT2D eigenvalue weighted by atomic mass is 32.1. The van der Waals surface area contributed by atoms with Crippen LogP contribution in [0.1, 0.15) is 54.6 Å². The first kappa shape index (κ1) is 15.5. The minimum Gasteiger partial charge on any atom is -0.303 e. The van der Waals surface area contributed by atoms with Gasteiger partial charge in [0.15, 0.2) is 0 Å². The van der Waals surface area contributed by atoms with Crippen LogP contribution in [0.3, 0.4) is 0 Å². The van der Waals surface area contributed by atoms with Gasteiger partial charge in [-0.3, -0.25) is 0 Å². The quantitative estimate of drug-likeness (QED) is 0.804. The Hall–Kier alpha value is -0.920. The van der Waals surface area contributed by atoms with Gasteiger partial charge in [0.2, 0.25) is 0 Å². The van der Waals surface area contributed by atoms with Crippen molar-refractivity contribution in [1.82, 2.24) is 9.88 Å². The predicted molar refractivity (Wildman–Crippen MR) is 84.0 cm³/mol. The van der Waals surface area contributed by atoms with Crippen LogP contribution in [-0.4, -0.2) is 29.5 Å². The van der Waals surface area contributed by atoms with Crippen molar-refractivity contribution in [1.29, 1.82) is 5.26 Å². The average Bonchev–Trinajstić information content (AvgIpc) is 2.66. The summed E-state index contributed by atoms with van der Waals surface area (Å²) >= 11 is 1.76. The van der Waals surface area contributed by atoms with Crippen molar-refractivity contribution in [3.05, 3.63) is 15.6 Å². The van der Waals surface area contributed by atoms with Gasteiger partial charge in [-0.15, -0.1) is 11.3 Å². The minimum atomic E-state index is 0.525. The van der Waals surface area contributed by atoms with E-state index in [0.29, 0.717) is 6.42 Å². The molecule has 0 aromatic carbocycles. The minimum absolute atomic E-state index is 0.525. The molecule has 4 heteroatoms. The number of hydrogen-bond acceptors (Lipinski definition) is 4. The van der Waals surface area contributed by atoms with Gasteiger partial charge in [0.25, 0.3) is 0 Å². The number of likely N-dealkylation sites (tertiary alicyclic amines) is 1. The molecule has 110 valence electrons. The smallest absolute Gasteiger partial charge is 0.0944 e. The second kappa shape index (κ2) is 8.39. The molecule has 1 saturated heterocycles. The van der Waals surface area contributed by atoms with Crippen molar-refractivity contribution in [3.8, 4) is 6.07 Å². The Morgan fingerprint density at radius 2 is 1.95 bits per heavy atom. The SMILES string of the molecule is CCCc1nc(CCN2CCCCCC2)sc1CC#N. The summed E-state index contributed by atoms with van der Waals surface area (Å²) in [6, 6.07) is 2.27. The van der Waals surface area contributed by atoms with E-state index >= 15 is 0 Å². The molecule has 0 bridgehead atoms. The van der Waals surface area contributed by atoms with Crippen molar-refractivity contribution >= 4 is 11.3 Å². The summed E-state index contributed by atoms with van der Waals surface area (Å²) in [7, 11) is 0. The van der Waals surface area contributed by atoms with Crippen LogP contribution in [0.25, 0.3) is 0 Å². The number of thiazole rings is 1. The van der Waals surface area contributed by atoms with Crippen LogP contribution < -0.4 is 0 Å².